The number of amides is 4. The largest absolute Gasteiger partial charge is 0.444 e. The lowest BCUT2D eigenvalue weighted by Gasteiger charge is -2.37. The van der Waals surface area contributed by atoms with Crippen LogP contribution in [-0.4, -0.2) is 71.7 Å². The van der Waals surface area contributed by atoms with Crippen LogP contribution in [0.1, 0.15) is 60.3 Å². The molecule has 2 fully saturated rings. The zero-order valence-electron chi connectivity index (χ0n) is 17.9. The number of hydrogen-bond acceptors (Lipinski definition) is 5. The highest BCUT2D eigenvalue weighted by Gasteiger charge is 2.30. The van der Waals surface area contributed by atoms with Crippen molar-refractivity contribution >= 4 is 18.0 Å². The van der Waals surface area contributed by atoms with E-state index < -0.39 is 11.6 Å². The van der Waals surface area contributed by atoms with Gasteiger partial charge in [-0.05, 0) is 72.8 Å². The fourth-order valence-electron chi connectivity index (χ4n) is 3.36. The summed E-state index contributed by atoms with van der Waals surface area (Å²) in [6.07, 6.45) is 3.64. The number of ether oxygens (including phenoxy) is 1. The zero-order chi connectivity index (χ0) is 20.9. The maximum Gasteiger partial charge on any atom is 0.410 e. The Hall–Kier alpha value is -1.83. The van der Waals surface area contributed by atoms with E-state index in [1.165, 1.54) is 0 Å². The summed E-state index contributed by atoms with van der Waals surface area (Å²) in [6.45, 7) is 11.9. The summed E-state index contributed by atoms with van der Waals surface area (Å²) in [5.74, 6) is -0.0107. The van der Waals surface area contributed by atoms with Crippen LogP contribution in [-0.2, 0) is 9.53 Å². The lowest BCUT2D eigenvalue weighted by molar-refractivity contribution is -0.121. The van der Waals surface area contributed by atoms with Gasteiger partial charge in [0, 0.05) is 25.2 Å². The van der Waals surface area contributed by atoms with Gasteiger partial charge in [-0.25, -0.2) is 9.59 Å². The van der Waals surface area contributed by atoms with Crippen LogP contribution in [0.15, 0.2) is 0 Å². The third kappa shape index (κ3) is 8.04. The van der Waals surface area contributed by atoms with Crippen LogP contribution in [0.4, 0.5) is 9.59 Å². The van der Waals surface area contributed by atoms with Crippen molar-refractivity contribution in [3.63, 3.8) is 0 Å². The number of nitrogens with one attached hydrogen (secondary N) is 2. The topological polar surface area (TPSA) is 91.0 Å². The molecular weight excluding hydrogens is 360 g/mol. The van der Waals surface area contributed by atoms with Gasteiger partial charge in [0.25, 0.3) is 0 Å². The number of carbonyl (C=O) groups excluding carboxylic acids is 3. The molecule has 2 N–H and O–H groups in total. The van der Waals surface area contributed by atoms with E-state index in [-0.39, 0.29) is 36.5 Å². The smallest absolute Gasteiger partial charge is 0.410 e. The highest BCUT2D eigenvalue weighted by atomic mass is 16.6. The first-order valence-electron chi connectivity index (χ1n) is 10.4. The van der Waals surface area contributed by atoms with Crippen LogP contribution in [0.5, 0.6) is 0 Å². The van der Waals surface area contributed by atoms with Crippen LogP contribution in [0.25, 0.3) is 0 Å². The van der Waals surface area contributed by atoms with E-state index in [1.807, 2.05) is 34.6 Å². The Morgan fingerprint density at radius 3 is 2.43 bits per heavy atom. The molecule has 0 aromatic rings. The van der Waals surface area contributed by atoms with Crippen molar-refractivity contribution in [3.05, 3.63) is 0 Å². The van der Waals surface area contributed by atoms with Gasteiger partial charge in [-0.2, -0.15) is 0 Å². The Morgan fingerprint density at radius 1 is 1.18 bits per heavy atom. The molecule has 0 aromatic carbocycles. The van der Waals surface area contributed by atoms with Gasteiger partial charge < -0.3 is 15.0 Å². The van der Waals surface area contributed by atoms with Crippen molar-refractivity contribution in [2.24, 2.45) is 5.92 Å². The predicted octanol–water partition coefficient (Wildman–Crippen LogP) is 2.33. The summed E-state index contributed by atoms with van der Waals surface area (Å²) in [7, 11) is 0. The number of nitrogens with zero attached hydrogens (tertiary/aromatic N) is 2. The lowest BCUT2D eigenvalue weighted by Crippen LogP contribution is -2.50. The summed E-state index contributed by atoms with van der Waals surface area (Å²) < 4.78 is 5.54. The Labute approximate surface area is 168 Å². The molecule has 160 valence electrons. The Kier molecular flexibility index (Phi) is 7.69. The molecule has 1 atom stereocenters. The standard InChI is InChI=1S/C20H36N4O4/c1-14(2)24(19(27)28-20(3,4)5)12-15-7-6-10-23(11-15)13-17(25)22-18(26)21-16-8-9-16/h14-16H,6-13H2,1-5H3,(H2,21,22,25,26)/t15-/m0/s1. The average molecular weight is 397 g/mol. The van der Waals surface area contributed by atoms with Crippen molar-refractivity contribution in [3.8, 4) is 0 Å². The van der Waals surface area contributed by atoms with E-state index in [4.69, 9.17) is 4.74 Å². The summed E-state index contributed by atoms with van der Waals surface area (Å²) >= 11 is 0. The van der Waals surface area contributed by atoms with Crippen LogP contribution < -0.4 is 10.6 Å². The molecule has 8 heteroatoms. The molecule has 1 aliphatic carbocycles. The monoisotopic (exact) mass is 396 g/mol. The van der Waals surface area contributed by atoms with Crippen molar-refractivity contribution in [2.75, 3.05) is 26.2 Å². The van der Waals surface area contributed by atoms with Crippen molar-refractivity contribution < 1.29 is 19.1 Å². The molecule has 0 spiro atoms. The molecule has 0 radical (unpaired) electrons. The molecule has 8 nitrogen and oxygen atoms in total. The highest BCUT2D eigenvalue weighted by Crippen LogP contribution is 2.21. The first-order chi connectivity index (χ1) is 13.0. The fourth-order valence-corrected chi connectivity index (χ4v) is 3.36. The number of hydrogen-bond donors (Lipinski definition) is 2. The van der Waals surface area contributed by atoms with Gasteiger partial charge in [-0.15, -0.1) is 0 Å². The van der Waals surface area contributed by atoms with Gasteiger partial charge in [-0.3, -0.25) is 15.0 Å². The van der Waals surface area contributed by atoms with Crippen molar-refractivity contribution in [2.45, 2.75) is 78.0 Å². The minimum absolute atomic E-state index is 0.0413. The number of piperidine rings is 1. The van der Waals surface area contributed by atoms with Gasteiger partial charge in [-0.1, -0.05) is 0 Å². The average Bonchev–Trinajstić information content (AvgIpc) is 3.34. The minimum Gasteiger partial charge on any atom is -0.444 e. The minimum atomic E-state index is -0.526. The van der Waals surface area contributed by atoms with E-state index >= 15 is 0 Å². The molecule has 28 heavy (non-hydrogen) atoms. The molecule has 1 saturated heterocycles. The number of urea groups is 1. The third-order valence-corrected chi connectivity index (χ3v) is 4.84. The Balaban J connectivity index is 1.82. The Bertz CT molecular complexity index is 569. The van der Waals surface area contributed by atoms with Crippen LogP contribution in [0.2, 0.25) is 0 Å². The van der Waals surface area contributed by atoms with Gasteiger partial charge in [0.15, 0.2) is 0 Å². The van der Waals surface area contributed by atoms with Gasteiger partial charge in [0.2, 0.25) is 5.91 Å². The quantitative estimate of drug-likeness (QED) is 0.719. The first kappa shape index (κ1) is 22.5. The molecule has 1 heterocycles. The van der Waals surface area contributed by atoms with Gasteiger partial charge in [0.05, 0.1) is 6.54 Å². The van der Waals surface area contributed by atoms with Crippen molar-refractivity contribution in [1.82, 2.24) is 20.4 Å². The van der Waals surface area contributed by atoms with E-state index in [0.29, 0.717) is 6.54 Å². The highest BCUT2D eigenvalue weighted by molar-refractivity contribution is 5.95. The molecule has 0 bridgehead atoms. The normalized spacial score (nSPS) is 20.6. The van der Waals surface area contributed by atoms with Crippen LogP contribution >= 0.6 is 0 Å². The zero-order valence-corrected chi connectivity index (χ0v) is 17.9. The summed E-state index contributed by atoms with van der Waals surface area (Å²) in [5.41, 5.74) is -0.526. The summed E-state index contributed by atoms with van der Waals surface area (Å²) in [5, 5.41) is 5.15. The SMILES string of the molecule is CC(C)N(C[C@H]1CCCN(CC(=O)NC(=O)NC2CC2)C1)C(=O)OC(C)(C)C. The maximum absolute atomic E-state index is 12.5. The summed E-state index contributed by atoms with van der Waals surface area (Å²) in [4.78, 5) is 40.2. The Morgan fingerprint density at radius 2 is 1.86 bits per heavy atom. The van der Waals surface area contributed by atoms with Gasteiger partial charge >= 0.3 is 12.1 Å². The van der Waals surface area contributed by atoms with Crippen LogP contribution in [0, 0.1) is 5.92 Å². The number of rotatable bonds is 6. The van der Waals surface area contributed by atoms with Crippen LogP contribution in [0.3, 0.4) is 0 Å². The molecular formula is C20H36N4O4. The molecule has 0 unspecified atom stereocenters. The summed E-state index contributed by atoms with van der Waals surface area (Å²) in [6, 6.07) is -0.140. The predicted molar refractivity (Wildman–Crippen MR) is 107 cm³/mol. The second-order valence-corrected chi connectivity index (χ2v) is 9.27. The second kappa shape index (κ2) is 9.58. The first-order valence-corrected chi connectivity index (χ1v) is 10.4. The second-order valence-electron chi connectivity index (χ2n) is 9.27. The van der Waals surface area contributed by atoms with E-state index in [9.17, 15) is 14.4 Å². The molecule has 4 amide bonds. The maximum atomic E-state index is 12.5. The molecule has 0 aromatic heterocycles. The molecule has 1 aliphatic heterocycles. The van der Waals surface area contributed by atoms with E-state index in [1.54, 1.807) is 4.90 Å². The molecule has 2 aliphatic rings. The third-order valence-electron chi connectivity index (χ3n) is 4.84. The number of imide groups is 1. The van der Waals surface area contributed by atoms with Gasteiger partial charge in [0.1, 0.15) is 5.60 Å². The molecule has 1 saturated carbocycles. The number of carbonyl (C=O) groups is 3. The number of likely N-dealkylation sites (tertiary alicyclic amines) is 1. The molecule has 2 rings (SSSR count). The fraction of sp³-hybridized carbons (Fsp3) is 0.850. The van der Waals surface area contributed by atoms with Crippen molar-refractivity contribution in [1.29, 1.82) is 0 Å². The van der Waals surface area contributed by atoms with E-state index in [2.05, 4.69) is 15.5 Å². The lowest BCUT2D eigenvalue weighted by atomic mass is 9.97. The van der Waals surface area contributed by atoms with E-state index in [0.717, 1.165) is 38.8 Å².